The number of fused-ring (bicyclic) bond motifs is 4. The van der Waals surface area contributed by atoms with E-state index in [1.807, 2.05) is 13.0 Å². The Morgan fingerprint density at radius 1 is 0.963 bits per heavy atom. The molecule has 0 aliphatic carbocycles. The standard InChI is InChI=1S/C24H21N2S/c1-14-6-8-18(16(3)11-14)21-9-10-22-23(26(21)4)19-13-17-7-5-15(2)12-20(17)25-24(19)27-22/h5-13H,1-4H3/q+1/i1D3. The number of thiophene rings is 1. The molecule has 5 rings (SSSR count). The first-order chi connectivity index (χ1) is 14.2. The molecule has 0 N–H and O–H groups in total. The Hall–Kier alpha value is -2.78. The van der Waals surface area contributed by atoms with Crippen LogP contribution in [0.1, 0.15) is 20.8 Å². The zero-order chi connectivity index (χ0) is 21.2. The highest BCUT2D eigenvalue weighted by Crippen LogP contribution is 2.34. The van der Waals surface area contributed by atoms with Crippen LogP contribution in [0.25, 0.3) is 42.6 Å². The van der Waals surface area contributed by atoms with E-state index >= 15 is 0 Å². The summed E-state index contributed by atoms with van der Waals surface area (Å²) >= 11 is 1.70. The minimum atomic E-state index is -2.09. The second-order valence-corrected chi connectivity index (χ2v) is 8.19. The first-order valence-corrected chi connectivity index (χ1v) is 9.78. The Morgan fingerprint density at radius 2 is 1.81 bits per heavy atom. The van der Waals surface area contributed by atoms with Gasteiger partial charge >= 0.3 is 0 Å². The lowest BCUT2D eigenvalue weighted by molar-refractivity contribution is -0.632. The fourth-order valence-corrected chi connectivity index (χ4v) is 4.96. The maximum Gasteiger partial charge on any atom is 0.233 e. The summed E-state index contributed by atoms with van der Waals surface area (Å²) in [6.07, 6.45) is 0. The molecule has 3 heterocycles. The number of hydrogen-bond acceptors (Lipinski definition) is 2. The molecule has 2 nitrogen and oxygen atoms in total. The first kappa shape index (κ1) is 13.4. The van der Waals surface area contributed by atoms with E-state index in [0.29, 0.717) is 5.56 Å². The topological polar surface area (TPSA) is 16.8 Å². The molecule has 0 atom stereocenters. The fraction of sp³-hybridized carbons (Fsp3) is 0.167. The average Bonchev–Trinajstić information content (AvgIpc) is 3.04. The summed E-state index contributed by atoms with van der Waals surface area (Å²) in [5, 5.41) is 2.28. The second kappa shape index (κ2) is 5.86. The predicted molar refractivity (Wildman–Crippen MR) is 115 cm³/mol. The van der Waals surface area contributed by atoms with E-state index in [9.17, 15) is 0 Å². The van der Waals surface area contributed by atoms with Gasteiger partial charge in [-0.2, -0.15) is 4.57 Å². The smallest absolute Gasteiger partial charge is 0.233 e. The molecule has 0 radical (unpaired) electrons. The van der Waals surface area contributed by atoms with Crippen LogP contribution in [0.4, 0.5) is 0 Å². The van der Waals surface area contributed by atoms with Gasteiger partial charge in [0.2, 0.25) is 11.2 Å². The molecular formula is C24H21N2S+. The summed E-state index contributed by atoms with van der Waals surface area (Å²) < 4.78 is 26.4. The summed E-state index contributed by atoms with van der Waals surface area (Å²) in [5.41, 5.74) is 6.81. The third kappa shape index (κ3) is 2.54. The molecule has 0 saturated carbocycles. The number of rotatable bonds is 1. The maximum atomic E-state index is 7.67. The van der Waals surface area contributed by atoms with Gasteiger partial charge in [0.25, 0.3) is 0 Å². The number of hydrogen-bond donors (Lipinski definition) is 0. The van der Waals surface area contributed by atoms with Gasteiger partial charge in [0.15, 0.2) is 0 Å². The molecule has 0 saturated heterocycles. The number of benzene rings is 2. The Bertz CT molecular complexity index is 1470. The molecule has 0 bridgehead atoms. The molecule has 0 fully saturated rings. The highest BCUT2D eigenvalue weighted by molar-refractivity contribution is 7.25. The predicted octanol–water partition coefficient (Wildman–Crippen LogP) is 6.02. The Labute approximate surface area is 166 Å². The minimum absolute atomic E-state index is 0.374. The molecule has 0 unspecified atom stereocenters. The molecule has 0 aliphatic heterocycles. The van der Waals surface area contributed by atoms with Crippen molar-refractivity contribution < 1.29 is 8.68 Å². The molecule has 5 aromatic rings. The van der Waals surface area contributed by atoms with Crippen molar-refractivity contribution in [1.29, 1.82) is 0 Å². The van der Waals surface area contributed by atoms with Crippen LogP contribution in [0.3, 0.4) is 0 Å². The van der Waals surface area contributed by atoms with Gasteiger partial charge in [0, 0.05) is 21.1 Å². The summed E-state index contributed by atoms with van der Waals surface area (Å²) in [4.78, 5) is 5.95. The van der Waals surface area contributed by atoms with Crippen molar-refractivity contribution in [3.63, 3.8) is 0 Å². The zero-order valence-corrected chi connectivity index (χ0v) is 16.3. The van der Waals surface area contributed by atoms with E-state index in [-0.39, 0.29) is 0 Å². The quantitative estimate of drug-likeness (QED) is 0.329. The molecule has 2 aromatic carbocycles. The van der Waals surface area contributed by atoms with Crippen LogP contribution >= 0.6 is 11.3 Å². The van der Waals surface area contributed by atoms with Crippen molar-refractivity contribution in [2.45, 2.75) is 20.7 Å². The first-order valence-electron chi connectivity index (χ1n) is 10.5. The lowest BCUT2D eigenvalue weighted by Crippen LogP contribution is -2.31. The highest BCUT2D eigenvalue weighted by atomic mass is 32.1. The van der Waals surface area contributed by atoms with Gasteiger partial charge in [-0.25, -0.2) is 4.98 Å². The van der Waals surface area contributed by atoms with Gasteiger partial charge in [-0.3, -0.25) is 0 Å². The molecule has 132 valence electrons. The van der Waals surface area contributed by atoms with Crippen LogP contribution < -0.4 is 4.57 Å². The van der Waals surface area contributed by atoms with Crippen molar-refractivity contribution >= 4 is 42.7 Å². The third-order valence-electron chi connectivity index (χ3n) is 5.23. The Balaban J connectivity index is 1.76. The van der Waals surface area contributed by atoms with Crippen LogP contribution in [-0.4, -0.2) is 4.98 Å². The number of aryl methyl sites for hydroxylation is 4. The number of pyridine rings is 2. The van der Waals surface area contributed by atoms with E-state index in [1.54, 1.807) is 23.5 Å². The zero-order valence-electron chi connectivity index (χ0n) is 18.5. The second-order valence-electron chi connectivity index (χ2n) is 7.16. The lowest BCUT2D eigenvalue weighted by atomic mass is 10.0. The van der Waals surface area contributed by atoms with Crippen LogP contribution in [0.15, 0.2) is 54.6 Å². The summed E-state index contributed by atoms with van der Waals surface area (Å²) in [6, 6.07) is 18.3. The van der Waals surface area contributed by atoms with Crippen molar-refractivity contribution in [2.75, 3.05) is 0 Å². The highest BCUT2D eigenvalue weighted by Gasteiger charge is 2.21. The molecule has 0 aliphatic rings. The Kier molecular flexibility index (Phi) is 2.91. The van der Waals surface area contributed by atoms with Gasteiger partial charge in [0.1, 0.15) is 16.6 Å². The third-order valence-corrected chi connectivity index (χ3v) is 6.28. The maximum absolute atomic E-state index is 7.67. The van der Waals surface area contributed by atoms with Crippen LogP contribution in [-0.2, 0) is 7.05 Å². The van der Waals surface area contributed by atoms with E-state index < -0.39 is 6.85 Å². The molecule has 0 amide bonds. The van der Waals surface area contributed by atoms with Crippen LogP contribution in [0.5, 0.6) is 0 Å². The largest absolute Gasteiger partial charge is 0.237 e. The van der Waals surface area contributed by atoms with Crippen LogP contribution in [0, 0.1) is 20.7 Å². The van der Waals surface area contributed by atoms with Crippen molar-refractivity contribution in [1.82, 2.24) is 4.98 Å². The SMILES string of the molecule is [2H]C([2H])([2H])c1ccc(-c2ccc3sc4nc5cc(C)ccc5cc4c3[n+]2C)c(C)c1. The molecular weight excluding hydrogens is 348 g/mol. The fourth-order valence-electron chi connectivity index (χ4n) is 3.86. The van der Waals surface area contributed by atoms with Gasteiger partial charge < -0.3 is 0 Å². The van der Waals surface area contributed by atoms with Gasteiger partial charge in [-0.15, -0.1) is 11.3 Å². The monoisotopic (exact) mass is 372 g/mol. The Morgan fingerprint density at radius 3 is 2.63 bits per heavy atom. The van der Waals surface area contributed by atoms with Crippen molar-refractivity contribution in [2.24, 2.45) is 7.05 Å². The van der Waals surface area contributed by atoms with Crippen molar-refractivity contribution in [3.05, 3.63) is 71.3 Å². The van der Waals surface area contributed by atoms with E-state index in [0.717, 1.165) is 43.5 Å². The molecule has 27 heavy (non-hydrogen) atoms. The van der Waals surface area contributed by atoms with Crippen molar-refractivity contribution in [3.8, 4) is 11.3 Å². The normalized spacial score (nSPS) is 13.8. The van der Waals surface area contributed by atoms with Gasteiger partial charge in [-0.1, -0.05) is 29.8 Å². The minimum Gasteiger partial charge on any atom is -0.237 e. The summed E-state index contributed by atoms with van der Waals surface area (Å²) in [7, 11) is 2.07. The molecule has 3 heteroatoms. The van der Waals surface area contributed by atoms with E-state index in [4.69, 9.17) is 9.10 Å². The lowest BCUT2D eigenvalue weighted by Gasteiger charge is -2.06. The van der Waals surface area contributed by atoms with Gasteiger partial charge in [0.05, 0.1) is 10.9 Å². The summed E-state index contributed by atoms with van der Waals surface area (Å²) in [5.74, 6) is 0. The molecule has 3 aromatic heterocycles. The molecule has 0 spiro atoms. The summed E-state index contributed by atoms with van der Waals surface area (Å²) in [6.45, 7) is 1.96. The number of aromatic nitrogens is 2. The van der Waals surface area contributed by atoms with Gasteiger partial charge in [-0.05, 0) is 56.1 Å². The van der Waals surface area contributed by atoms with E-state index in [1.165, 1.54) is 10.3 Å². The van der Waals surface area contributed by atoms with E-state index in [2.05, 4.69) is 54.9 Å². The van der Waals surface area contributed by atoms with Crippen LogP contribution in [0.2, 0.25) is 0 Å². The number of nitrogens with zero attached hydrogens (tertiary/aromatic N) is 2. The average molecular weight is 373 g/mol.